The number of benzene rings is 5. The molecule has 0 radical (unpaired) electrons. The molecule has 0 unspecified atom stereocenters. The molecule has 0 heterocycles. The highest BCUT2D eigenvalue weighted by Gasteiger charge is 2.21. The lowest BCUT2D eigenvalue weighted by atomic mass is 9.93. The lowest BCUT2D eigenvalue weighted by molar-refractivity contribution is 1.68. The summed E-state index contributed by atoms with van der Waals surface area (Å²) in [6, 6.07) is 35.4. The molecular formula is C26H16. The van der Waals surface area contributed by atoms with Gasteiger partial charge in [-0.1, -0.05) is 91.0 Å². The minimum atomic E-state index is 1.28. The lowest BCUT2D eigenvalue weighted by Crippen LogP contribution is -1.84. The van der Waals surface area contributed by atoms with Crippen molar-refractivity contribution in [3.05, 3.63) is 97.1 Å². The Balaban J connectivity index is 1.68. The van der Waals surface area contributed by atoms with Gasteiger partial charge in [0.05, 0.1) is 0 Å². The van der Waals surface area contributed by atoms with Gasteiger partial charge in [0.2, 0.25) is 0 Å². The van der Waals surface area contributed by atoms with Gasteiger partial charge in [0.25, 0.3) is 0 Å². The van der Waals surface area contributed by atoms with Crippen molar-refractivity contribution in [3.8, 4) is 33.4 Å². The van der Waals surface area contributed by atoms with Crippen molar-refractivity contribution in [3.63, 3.8) is 0 Å². The summed E-state index contributed by atoms with van der Waals surface area (Å²) in [6.07, 6.45) is 0. The summed E-state index contributed by atoms with van der Waals surface area (Å²) >= 11 is 0. The zero-order valence-electron chi connectivity index (χ0n) is 14.2. The van der Waals surface area contributed by atoms with Gasteiger partial charge in [-0.05, 0) is 61.0 Å². The Bertz CT molecular complexity index is 1300. The maximum Gasteiger partial charge on any atom is -0.00201 e. The molecule has 5 aromatic rings. The highest BCUT2D eigenvalue weighted by atomic mass is 14.2. The average molecular weight is 328 g/mol. The Morgan fingerprint density at radius 3 is 1.88 bits per heavy atom. The minimum absolute atomic E-state index is 1.28. The van der Waals surface area contributed by atoms with Crippen LogP contribution in [0.25, 0.3) is 54.9 Å². The van der Waals surface area contributed by atoms with Gasteiger partial charge >= 0.3 is 0 Å². The molecule has 1 aliphatic carbocycles. The number of hydrogen-bond donors (Lipinski definition) is 0. The lowest BCUT2D eigenvalue weighted by Gasteiger charge is -2.10. The highest BCUT2D eigenvalue weighted by molar-refractivity contribution is 6.18. The summed E-state index contributed by atoms with van der Waals surface area (Å²) in [5.41, 5.74) is 8.01. The van der Waals surface area contributed by atoms with Crippen molar-refractivity contribution in [2.24, 2.45) is 0 Å². The van der Waals surface area contributed by atoms with Gasteiger partial charge in [-0.2, -0.15) is 0 Å². The largest absolute Gasteiger partial charge is 0.0616 e. The maximum absolute atomic E-state index is 2.31. The van der Waals surface area contributed by atoms with E-state index in [-0.39, 0.29) is 0 Å². The molecular weight excluding hydrogens is 312 g/mol. The first-order valence-corrected chi connectivity index (χ1v) is 9.05. The first-order chi connectivity index (χ1) is 12.9. The van der Waals surface area contributed by atoms with Crippen LogP contribution in [-0.4, -0.2) is 0 Å². The zero-order valence-corrected chi connectivity index (χ0v) is 14.2. The van der Waals surface area contributed by atoms with E-state index in [1.165, 1.54) is 54.9 Å². The van der Waals surface area contributed by atoms with E-state index in [4.69, 9.17) is 0 Å². The molecule has 0 saturated carbocycles. The Kier molecular flexibility index (Phi) is 2.70. The van der Waals surface area contributed by atoms with E-state index < -0.39 is 0 Å². The highest BCUT2D eigenvalue weighted by Crippen LogP contribution is 2.49. The topological polar surface area (TPSA) is 0 Å². The van der Waals surface area contributed by atoms with Crippen LogP contribution in [0.3, 0.4) is 0 Å². The van der Waals surface area contributed by atoms with Crippen molar-refractivity contribution in [2.75, 3.05) is 0 Å². The second-order valence-electron chi connectivity index (χ2n) is 7.00. The van der Waals surface area contributed by atoms with E-state index >= 15 is 0 Å². The zero-order chi connectivity index (χ0) is 17.1. The Hall–Kier alpha value is -3.38. The number of fused-ring (bicyclic) bond motifs is 4. The van der Waals surface area contributed by atoms with E-state index in [1.807, 2.05) is 0 Å². The molecule has 5 aromatic carbocycles. The van der Waals surface area contributed by atoms with Crippen LogP contribution in [0.1, 0.15) is 0 Å². The monoisotopic (exact) mass is 328 g/mol. The first kappa shape index (κ1) is 13.9. The van der Waals surface area contributed by atoms with Crippen LogP contribution >= 0.6 is 0 Å². The molecule has 0 atom stereocenters. The van der Waals surface area contributed by atoms with Crippen LogP contribution in [0.15, 0.2) is 97.1 Å². The molecule has 26 heavy (non-hydrogen) atoms. The van der Waals surface area contributed by atoms with E-state index in [9.17, 15) is 0 Å². The third-order valence-electron chi connectivity index (χ3n) is 5.61. The van der Waals surface area contributed by atoms with Crippen molar-refractivity contribution >= 4 is 21.5 Å². The molecule has 6 rings (SSSR count). The number of hydrogen-bond acceptors (Lipinski definition) is 0. The Labute approximate surface area is 152 Å². The predicted octanol–water partition coefficient (Wildman–Crippen LogP) is 7.31. The first-order valence-electron chi connectivity index (χ1n) is 9.05. The van der Waals surface area contributed by atoms with Crippen LogP contribution in [0.5, 0.6) is 0 Å². The normalized spacial score (nSPS) is 11.8. The maximum atomic E-state index is 2.31. The molecule has 0 bridgehead atoms. The van der Waals surface area contributed by atoms with Gasteiger partial charge in [0.15, 0.2) is 0 Å². The summed E-state index contributed by atoms with van der Waals surface area (Å²) in [5, 5.41) is 5.30. The molecule has 0 aromatic heterocycles. The van der Waals surface area contributed by atoms with Gasteiger partial charge in [-0.15, -0.1) is 0 Å². The van der Waals surface area contributed by atoms with E-state index in [2.05, 4.69) is 97.1 Å². The molecule has 0 saturated heterocycles. The quantitative estimate of drug-likeness (QED) is 0.297. The van der Waals surface area contributed by atoms with Crippen molar-refractivity contribution < 1.29 is 0 Å². The molecule has 0 N–H and O–H groups in total. The Morgan fingerprint density at radius 2 is 1.04 bits per heavy atom. The fourth-order valence-corrected chi connectivity index (χ4v) is 4.42. The van der Waals surface area contributed by atoms with Crippen LogP contribution in [0, 0.1) is 0 Å². The molecule has 0 spiro atoms. The second-order valence-corrected chi connectivity index (χ2v) is 7.00. The van der Waals surface area contributed by atoms with E-state index in [0.29, 0.717) is 0 Å². The van der Waals surface area contributed by atoms with Crippen molar-refractivity contribution in [2.45, 2.75) is 0 Å². The van der Waals surface area contributed by atoms with Crippen LogP contribution in [0.2, 0.25) is 0 Å². The molecule has 1 aliphatic rings. The van der Waals surface area contributed by atoms with Crippen LogP contribution in [-0.2, 0) is 0 Å². The molecule has 0 amide bonds. The Morgan fingerprint density at radius 1 is 0.385 bits per heavy atom. The van der Waals surface area contributed by atoms with Crippen molar-refractivity contribution in [1.82, 2.24) is 0 Å². The summed E-state index contributed by atoms with van der Waals surface area (Å²) in [4.78, 5) is 0. The smallest absolute Gasteiger partial charge is 0.00201 e. The summed E-state index contributed by atoms with van der Waals surface area (Å²) < 4.78 is 0. The summed E-state index contributed by atoms with van der Waals surface area (Å²) in [6.45, 7) is 0. The van der Waals surface area contributed by atoms with E-state index in [0.717, 1.165) is 0 Å². The molecule has 120 valence electrons. The van der Waals surface area contributed by atoms with Crippen LogP contribution < -0.4 is 0 Å². The minimum Gasteiger partial charge on any atom is -0.0616 e. The third-order valence-corrected chi connectivity index (χ3v) is 5.61. The molecule has 0 heteroatoms. The summed E-state index contributed by atoms with van der Waals surface area (Å²) in [7, 11) is 0. The van der Waals surface area contributed by atoms with Gasteiger partial charge in [-0.3, -0.25) is 0 Å². The van der Waals surface area contributed by atoms with Gasteiger partial charge in [-0.25, -0.2) is 0 Å². The fraction of sp³-hybridized carbons (Fsp3) is 0. The molecule has 0 fully saturated rings. The predicted molar refractivity (Wildman–Crippen MR) is 111 cm³/mol. The van der Waals surface area contributed by atoms with Gasteiger partial charge < -0.3 is 0 Å². The average Bonchev–Trinajstić information content (AvgIpc) is 3.04. The van der Waals surface area contributed by atoms with Crippen molar-refractivity contribution in [1.29, 1.82) is 0 Å². The van der Waals surface area contributed by atoms with Gasteiger partial charge in [0, 0.05) is 0 Å². The van der Waals surface area contributed by atoms with Crippen LogP contribution in [0.4, 0.5) is 0 Å². The second kappa shape index (κ2) is 5.06. The standard InChI is InChI=1S/C26H16/c1-2-7-18-16-19(13-12-17(18)6-1)20-14-15-25-22-9-4-3-8-21(22)24-11-5-10-23(20)26(24)25/h1-16H. The fourth-order valence-electron chi connectivity index (χ4n) is 4.42. The number of rotatable bonds is 1. The third kappa shape index (κ3) is 1.79. The summed E-state index contributed by atoms with van der Waals surface area (Å²) in [5.74, 6) is 0. The molecule has 0 aliphatic heterocycles. The van der Waals surface area contributed by atoms with E-state index in [1.54, 1.807) is 0 Å². The SMILES string of the molecule is c1ccc2c(c1)-c1cccc3c(-c4ccc5ccccc5c4)ccc-2c13. The molecule has 0 nitrogen and oxygen atoms in total. The van der Waals surface area contributed by atoms with Gasteiger partial charge in [0.1, 0.15) is 0 Å².